The quantitative estimate of drug-likeness (QED) is 0.323. The second kappa shape index (κ2) is 10.3. The molecule has 2 aromatic carbocycles. The molecule has 1 fully saturated rings. The van der Waals surface area contributed by atoms with Crippen molar-refractivity contribution >= 4 is 42.6 Å². The van der Waals surface area contributed by atoms with Gasteiger partial charge in [-0.1, -0.05) is 24.3 Å². The summed E-state index contributed by atoms with van der Waals surface area (Å²) in [5, 5.41) is 0.578. The van der Waals surface area contributed by atoms with E-state index in [1.54, 1.807) is 27.5 Å². The molecule has 1 atom stereocenters. The Bertz CT molecular complexity index is 1490. The van der Waals surface area contributed by atoms with Gasteiger partial charge in [0.25, 0.3) is 5.91 Å². The highest BCUT2D eigenvalue weighted by Gasteiger charge is 2.29. The van der Waals surface area contributed by atoms with Crippen molar-refractivity contribution in [1.82, 2.24) is 14.3 Å². The van der Waals surface area contributed by atoms with Crippen LogP contribution in [0.2, 0.25) is 0 Å². The van der Waals surface area contributed by atoms with Gasteiger partial charge in [0.1, 0.15) is 0 Å². The van der Waals surface area contributed by atoms with Crippen LogP contribution in [0.25, 0.3) is 10.2 Å². The number of carbonyl (C=O) groups excluding carboxylic acids is 1. The van der Waals surface area contributed by atoms with Crippen LogP contribution in [0, 0.1) is 19.8 Å². The molecule has 0 radical (unpaired) electrons. The van der Waals surface area contributed by atoms with Crippen LogP contribution in [0.4, 0.5) is 5.13 Å². The van der Waals surface area contributed by atoms with Crippen LogP contribution in [-0.4, -0.2) is 41.7 Å². The summed E-state index contributed by atoms with van der Waals surface area (Å²) in [6.45, 7) is 7.49. The molecule has 0 N–H and O–H groups in total. The van der Waals surface area contributed by atoms with Gasteiger partial charge in [-0.3, -0.25) is 14.7 Å². The lowest BCUT2D eigenvalue weighted by Gasteiger charge is -2.30. The zero-order chi connectivity index (χ0) is 26.2. The smallest absolute Gasteiger partial charge is 0.260 e. The first kappa shape index (κ1) is 25.5. The molecule has 1 unspecified atom stereocenters. The van der Waals surface area contributed by atoms with Crippen LogP contribution in [0.5, 0.6) is 0 Å². The van der Waals surface area contributed by atoms with E-state index in [0.717, 1.165) is 34.3 Å². The van der Waals surface area contributed by atoms with E-state index in [-0.39, 0.29) is 17.3 Å². The minimum Gasteiger partial charge on any atom is -0.278 e. The van der Waals surface area contributed by atoms with E-state index in [0.29, 0.717) is 29.7 Å². The van der Waals surface area contributed by atoms with E-state index < -0.39 is 10.0 Å². The molecule has 1 saturated heterocycles. The van der Waals surface area contributed by atoms with Crippen molar-refractivity contribution in [2.75, 3.05) is 18.0 Å². The Morgan fingerprint density at radius 3 is 2.57 bits per heavy atom. The molecular formula is C28H30N4O3S2. The molecule has 0 bridgehead atoms. The number of aryl methyl sites for hydroxylation is 2. The molecule has 37 heavy (non-hydrogen) atoms. The first-order valence-corrected chi connectivity index (χ1v) is 14.7. The Labute approximate surface area is 221 Å². The molecular weight excluding hydrogens is 504 g/mol. The Balaban J connectivity index is 1.47. The summed E-state index contributed by atoms with van der Waals surface area (Å²) in [4.78, 5) is 24.8. The van der Waals surface area contributed by atoms with Crippen molar-refractivity contribution in [3.05, 3.63) is 83.2 Å². The van der Waals surface area contributed by atoms with E-state index in [1.165, 1.54) is 29.0 Å². The number of piperidine rings is 1. The molecule has 1 amide bonds. The van der Waals surface area contributed by atoms with E-state index in [9.17, 15) is 13.2 Å². The van der Waals surface area contributed by atoms with Crippen LogP contribution < -0.4 is 4.90 Å². The number of rotatable bonds is 6. The summed E-state index contributed by atoms with van der Waals surface area (Å²) in [5.41, 5.74) is 4.30. The van der Waals surface area contributed by atoms with Gasteiger partial charge in [0.15, 0.2) is 5.13 Å². The number of aromatic nitrogens is 2. The molecule has 0 aliphatic carbocycles. The van der Waals surface area contributed by atoms with Crippen molar-refractivity contribution in [2.24, 2.45) is 5.92 Å². The van der Waals surface area contributed by atoms with Crippen molar-refractivity contribution in [2.45, 2.75) is 45.1 Å². The summed E-state index contributed by atoms with van der Waals surface area (Å²) < 4.78 is 28.9. The second-order valence-electron chi connectivity index (χ2n) is 9.75. The fraction of sp³-hybridized carbons (Fsp3) is 0.321. The summed E-state index contributed by atoms with van der Waals surface area (Å²) in [7, 11) is -3.60. The summed E-state index contributed by atoms with van der Waals surface area (Å²) in [6, 6.07) is 16.0. The maximum Gasteiger partial charge on any atom is 0.260 e. The monoisotopic (exact) mass is 534 g/mol. The summed E-state index contributed by atoms with van der Waals surface area (Å²) in [6.07, 6.45) is 3.60. The van der Waals surface area contributed by atoms with Crippen LogP contribution in [0.3, 0.4) is 0 Å². The van der Waals surface area contributed by atoms with E-state index in [4.69, 9.17) is 4.98 Å². The molecule has 9 heteroatoms. The molecule has 7 nitrogen and oxygen atoms in total. The first-order valence-electron chi connectivity index (χ1n) is 12.4. The predicted molar refractivity (Wildman–Crippen MR) is 147 cm³/mol. The lowest BCUT2D eigenvalue weighted by Crippen LogP contribution is -2.39. The fourth-order valence-electron chi connectivity index (χ4n) is 4.60. The van der Waals surface area contributed by atoms with Crippen LogP contribution in [0.1, 0.15) is 46.9 Å². The molecule has 4 aromatic rings. The number of nitrogens with zero attached hydrogens (tertiary/aromatic N) is 4. The Hall–Kier alpha value is -3.14. The van der Waals surface area contributed by atoms with Crippen molar-refractivity contribution < 1.29 is 13.2 Å². The number of pyridine rings is 1. The topological polar surface area (TPSA) is 83.5 Å². The van der Waals surface area contributed by atoms with Gasteiger partial charge in [-0.25, -0.2) is 13.4 Å². The average molecular weight is 535 g/mol. The highest BCUT2D eigenvalue weighted by atomic mass is 32.2. The molecule has 192 valence electrons. The van der Waals surface area contributed by atoms with Gasteiger partial charge in [-0.2, -0.15) is 4.31 Å². The lowest BCUT2D eigenvalue weighted by molar-refractivity contribution is 0.0984. The van der Waals surface area contributed by atoms with Crippen molar-refractivity contribution in [3.63, 3.8) is 0 Å². The van der Waals surface area contributed by atoms with Gasteiger partial charge < -0.3 is 0 Å². The van der Waals surface area contributed by atoms with Gasteiger partial charge in [-0.05, 0) is 92.3 Å². The molecule has 2 aromatic heterocycles. The van der Waals surface area contributed by atoms with Crippen LogP contribution in [-0.2, 0) is 16.6 Å². The Morgan fingerprint density at radius 2 is 1.86 bits per heavy atom. The van der Waals surface area contributed by atoms with Gasteiger partial charge in [-0.15, -0.1) is 0 Å². The molecule has 1 aliphatic heterocycles. The van der Waals surface area contributed by atoms with Gasteiger partial charge >= 0.3 is 0 Å². The Kier molecular flexibility index (Phi) is 7.11. The number of hydrogen-bond donors (Lipinski definition) is 0. The number of carbonyl (C=O) groups is 1. The molecule has 1 aliphatic rings. The number of amides is 1. The van der Waals surface area contributed by atoms with Gasteiger partial charge in [0, 0.05) is 24.8 Å². The number of benzene rings is 2. The third-order valence-electron chi connectivity index (χ3n) is 6.87. The minimum absolute atomic E-state index is 0.209. The molecule has 0 spiro atoms. The second-order valence-corrected chi connectivity index (χ2v) is 12.7. The van der Waals surface area contributed by atoms with E-state index in [2.05, 4.69) is 24.9 Å². The Morgan fingerprint density at radius 1 is 1.11 bits per heavy atom. The zero-order valence-corrected chi connectivity index (χ0v) is 22.8. The van der Waals surface area contributed by atoms with E-state index >= 15 is 0 Å². The maximum absolute atomic E-state index is 13.8. The highest BCUT2D eigenvalue weighted by Crippen LogP contribution is 2.33. The van der Waals surface area contributed by atoms with Gasteiger partial charge in [0.2, 0.25) is 10.0 Å². The SMILES string of the molecule is Cc1cc2nc(N(Cc3ccccn3)C(=O)c3ccc(S(=O)(=O)N4CCCC(C)C4)cc3)sc2cc1C. The number of hydrogen-bond acceptors (Lipinski definition) is 6. The molecule has 0 saturated carbocycles. The van der Waals surface area contributed by atoms with Crippen LogP contribution in [0.15, 0.2) is 65.7 Å². The highest BCUT2D eigenvalue weighted by molar-refractivity contribution is 7.89. The van der Waals surface area contributed by atoms with Gasteiger partial charge in [0.05, 0.1) is 27.4 Å². The largest absolute Gasteiger partial charge is 0.278 e. The number of anilines is 1. The fourth-order valence-corrected chi connectivity index (χ4v) is 7.24. The number of sulfonamides is 1. The standard InChI is InChI=1S/C28H30N4O3S2/c1-19-7-6-14-31(17-19)37(34,35)24-11-9-22(10-12-24)27(33)32(18-23-8-4-5-13-29-23)28-30-25-15-20(2)21(3)16-26(25)36-28/h4-5,8-13,15-16,19H,6-7,14,17-18H2,1-3H3. The van der Waals surface area contributed by atoms with Crippen LogP contribution >= 0.6 is 11.3 Å². The average Bonchev–Trinajstić information content (AvgIpc) is 3.30. The molecule has 5 rings (SSSR count). The third-order valence-corrected chi connectivity index (χ3v) is 9.79. The number of thiazole rings is 1. The summed E-state index contributed by atoms with van der Waals surface area (Å²) in [5.74, 6) is 0.0830. The predicted octanol–water partition coefficient (Wildman–Crippen LogP) is 5.58. The summed E-state index contributed by atoms with van der Waals surface area (Å²) >= 11 is 1.46. The third kappa shape index (κ3) is 5.30. The van der Waals surface area contributed by atoms with Crippen molar-refractivity contribution in [1.29, 1.82) is 0 Å². The normalized spacial score (nSPS) is 16.7. The molecule has 3 heterocycles. The maximum atomic E-state index is 13.8. The van der Waals surface area contributed by atoms with Crippen molar-refractivity contribution in [3.8, 4) is 0 Å². The lowest BCUT2D eigenvalue weighted by atomic mass is 10.0. The minimum atomic E-state index is -3.60. The van der Waals surface area contributed by atoms with E-state index in [1.807, 2.05) is 31.2 Å². The number of fused-ring (bicyclic) bond motifs is 1. The zero-order valence-electron chi connectivity index (χ0n) is 21.2. The first-order chi connectivity index (χ1) is 17.7.